The number of nitrogens with zero attached hydrogens (tertiary/aromatic N) is 2. The molecule has 0 radical (unpaired) electrons. The zero-order chi connectivity index (χ0) is 22.4. The summed E-state index contributed by atoms with van der Waals surface area (Å²) in [7, 11) is 1.49. The van der Waals surface area contributed by atoms with Crippen LogP contribution in [-0.2, 0) is 4.70 Å². The van der Waals surface area contributed by atoms with Crippen molar-refractivity contribution in [2.24, 2.45) is 10.7 Å². The van der Waals surface area contributed by atoms with Gasteiger partial charge in [-0.1, -0.05) is 0 Å². The van der Waals surface area contributed by atoms with Crippen molar-refractivity contribution in [3.63, 3.8) is 0 Å². The average Bonchev–Trinajstić information content (AvgIpc) is 3.23. The standard InChI is InChI=1S/C19H21BF2N6O2S/c1-24-18(23)28-16(19(31-20-30)6-7-25-10-19)13-8-12(3-4-14(13)22)27-17(29)15-5-2-11(21)9-26-15/h2-5,8-9,16,25H,6-7,10H2,1H3,(H,27,29)(H3,23,24,28). The maximum absolute atomic E-state index is 14.9. The van der Waals surface area contributed by atoms with Gasteiger partial charge in [-0.2, -0.15) is 0 Å². The van der Waals surface area contributed by atoms with Crippen molar-refractivity contribution < 1.29 is 18.3 Å². The molecule has 1 aliphatic heterocycles. The van der Waals surface area contributed by atoms with Gasteiger partial charge in [-0.25, -0.2) is 4.39 Å². The molecule has 2 heterocycles. The van der Waals surface area contributed by atoms with Crippen LogP contribution in [0.5, 0.6) is 0 Å². The van der Waals surface area contributed by atoms with E-state index in [2.05, 4.69) is 25.9 Å². The van der Waals surface area contributed by atoms with E-state index in [0.29, 0.717) is 25.2 Å². The fraction of sp³-hybridized carbons (Fsp3) is 0.316. The molecule has 0 aliphatic carbocycles. The van der Waals surface area contributed by atoms with Gasteiger partial charge in [0.15, 0.2) is 0 Å². The van der Waals surface area contributed by atoms with E-state index in [9.17, 15) is 18.3 Å². The van der Waals surface area contributed by atoms with Crippen molar-refractivity contribution in [3.8, 4) is 0 Å². The summed E-state index contributed by atoms with van der Waals surface area (Å²) in [5.74, 6) is -1.58. The molecule has 2 atom stereocenters. The van der Waals surface area contributed by atoms with E-state index >= 15 is 0 Å². The Balaban J connectivity index is 1.96. The number of aromatic nitrogens is 1. The van der Waals surface area contributed by atoms with Crippen molar-refractivity contribution in [2.75, 3.05) is 25.5 Å². The number of hydrogen-bond acceptors (Lipinski definition) is 6. The van der Waals surface area contributed by atoms with Crippen LogP contribution in [0.4, 0.5) is 14.5 Å². The van der Waals surface area contributed by atoms with Crippen LogP contribution >= 0.6 is 11.6 Å². The quantitative estimate of drug-likeness (QED) is 0.290. The van der Waals surface area contributed by atoms with Crippen LogP contribution in [0.1, 0.15) is 28.5 Å². The molecule has 12 heteroatoms. The number of amides is 1. The van der Waals surface area contributed by atoms with Crippen LogP contribution in [0.3, 0.4) is 0 Å². The predicted octanol–water partition coefficient (Wildman–Crippen LogP) is 1.62. The van der Waals surface area contributed by atoms with Gasteiger partial charge in [0, 0.05) is 0 Å². The van der Waals surface area contributed by atoms with Crippen molar-refractivity contribution in [1.29, 1.82) is 0 Å². The van der Waals surface area contributed by atoms with Gasteiger partial charge in [0.2, 0.25) is 0 Å². The summed E-state index contributed by atoms with van der Waals surface area (Å²) in [6, 6.07) is 5.76. The molecule has 1 aromatic heterocycles. The van der Waals surface area contributed by atoms with E-state index in [0.717, 1.165) is 30.3 Å². The fourth-order valence-corrected chi connectivity index (χ4v) is 4.37. The first-order chi connectivity index (χ1) is 14.9. The van der Waals surface area contributed by atoms with Crippen molar-refractivity contribution in [2.45, 2.75) is 17.2 Å². The van der Waals surface area contributed by atoms with E-state index < -0.39 is 28.3 Å². The molecule has 1 fully saturated rings. The number of carbonyl (C=O) groups excluding carboxylic acids is 1. The third-order valence-corrected chi connectivity index (χ3v) is 6.17. The second-order valence-electron chi connectivity index (χ2n) is 6.94. The van der Waals surface area contributed by atoms with E-state index in [1.165, 1.54) is 31.3 Å². The Morgan fingerprint density at radius 1 is 1.39 bits per heavy atom. The molecule has 1 aromatic carbocycles. The average molecular weight is 446 g/mol. The number of hydrogen-bond donors (Lipinski definition) is 4. The van der Waals surface area contributed by atoms with Gasteiger partial charge in [-0.3, -0.25) is 0 Å². The van der Waals surface area contributed by atoms with Gasteiger partial charge in [-0.05, 0) is 0 Å². The summed E-state index contributed by atoms with van der Waals surface area (Å²) in [4.78, 5) is 20.1. The van der Waals surface area contributed by atoms with Crippen LogP contribution in [-0.4, -0.2) is 48.2 Å². The van der Waals surface area contributed by atoms with E-state index in [-0.39, 0.29) is 17.2 Å². The molecule has 162 valence electrons. The minimum absolute atomic E-state index is 0.0114. The van der Waals surface area contributed by atoms with Gasteiger partial charge < -0.3 is 0 Å². The van der Waals surface area contributed by atoms with Crippen LogP contribution in [0.15, 0.2) is 41.5 Å². The molecule has 0 bridgehead atoms. The number of pyridine rings is 1. The van der Waals surface area contributed by atoms with Crippen LogP contribution in [0.25, 0.3) is 0 Å². The number of guanidine groups is 1. The number of carbonyl (C=O) groups is 1. The van der Waals surface area contributed by atoms with Gasteiger partial charge in [0.25, 0.3) is 0 Å². The Morgan fingerprint density at radius 3 is 2.81 bits per heavy atom. The van der Waals surface area contributed by atoms with E-state index in [1.54, 1.807) is 0 Å². The second kappa shape index (κ2) is 9.97. The number of nitrogens with one attached hydrogen (secondary N) is 3. The summed E-state index contributed by atoms with van der Waals surface area (Å²) in [5.41, 5.74) is 6.42. The SMILES string of the molecule is CN=C(N)NC(c1cc(NC(=O)c2ccc(F)cn2)ccc1F)C1(SB=O)CCNC1. The monoisotopic (exact) mass is 446 g/mol. The number of aliphatic imine (C=N–C) groups is 1. The summed E-state index contributed by atoms with van der Waals surface area (Å²) < 4.78 is 38.7. The molecule has 1 amide bonds. The molecule has 3 rings (SSSR count). The zero-order valence-corrected chi connectivity index (χ0v) is 17.5. The first-order valence-corrected chi connectivity index (χ1v) is 10.3. The Labute approximate surface area is 182 Å². The maximum atomic E-state index is 14.9. The summed E-state index contributed by atoms with van der Waals surface area (Å²) in [6.07, 6.45) is 2.25. The Hall–Kier alpha value is -2.86. The molecule has 0 spiro atoms. The van der Waals surface area contributed by atoms with Gasteiger partial charge in [0.1, 0.15) is 0 Å². The first-order valence-electron chi connectivity index (χ1n) is 9.42. The van der Waals surface area contributed by atoms with Crippen LogP contribution < -0.4 is 21.7 Å². The third kappa shape index (κ3) is 5.26. The third-order valence-electron chi connectivity index (χ3n) is 5.02. The van der Waals surface area contributed by atoms with E-state index in [1.807, 2.05) is 0 Å². The van der Waals surface area contributed by atoms with Crippen molar-refractivity contribution >= 4 is 35.6 Å². The van der Waals surface area contributed by atoms with Crippen molar-refractivity contribution in [3.05, 3.63) is 59.4 Å². The topological polar surface area (TPSA) is 122 Å². The minimum atomic E-state index is -0.709. The second-order valence-corrected chi connectivity index (χ2v) is 8.19. The molecule has 2 unspecified atom stereocenters. The summed E-state index contributed by atoms with van der Waals surface area (Å²) >= 11 is 1.05. The Bertz CT molecular complexity index is 986. The fourth-order valence-electron chi connectivity index (χ4n) is 3.45. The predicted molar refractivity (Wildman–Crippen MR) is 116 cm³/mol. The molecule has 1 aliphatic rings. The van der Waals surface area contributed by atoms with Crippen LogP contribution in [0.2, 0.25) is 0 Å². The Kier molecular flexibility index (Phi) is 7.34. The summed E-state index contributed by atoms with van der Waals surface area (Å²) in [6.45, 7) is 1.09. The molecule has 31 heavy (non-hydrogen) atoms. The molecule has 5 N–H and O–H groups in total. The molecule has 2 aromatic rings. The van der Waals surface area contributed by atoms with Gasteiger partial charge >= 0.3 is 178 Å². The van der Waals surface area contributed by atoms with Gasteiger partial charge in [0.05, 0.1) is 0 Å². The number of rotatable bonds is 7. The number of anilines is 1. The number of nitrogens with two attached hydrogens (primary N) is 1. The molecule has 1 saturated heterocycles. The first kappa shape index (κ1) is 22.8. The zero-order valence-electron chi connectivity index (χ0n) is 16.7. The van der Waals surface area contributed by atoms with Crippen LogP contribution in [0, 0.1) is 11.6 Å². The number of halogens is 2. The van der Waals surface area contributed by atoms with E-state index in [4.69, 9.17) is 5.73 Å². The Morgan fingerprint density at radius 2 is 2.19 bits per heavy atom. The molecule has 8 nitrogen and oxygen atoms in total. The summed E-state index contributed by atoms with van der Waals surface area (Å²) in [5, 5.41) is 8.84. The van der Waals surface area contributed by atoms with Gasteiger partial charge in [-0.15, -0.1) is 0 Å². The van der Waals surface area contributed by atoms with Crippen molar-refractivity contribution in [1.82, 2.24) is 15.6 Å². The normalized spacial score (nSPS) is 19.5. The molecular formula is C19H21BF2N6O2S. The molecule has 0 saturated carbocycles. The number of benzene rings is 1. The molecular weight excluding hydrogens is 425 g/mol.